The lowest BCUT2D eigenvalue weighted by atomic mass is 10.1. The molecular weight excluding hydrogens is 591 g/mol. The third-order valence-corrected chi connectivity index (χ3v) is 8.58. The fraction of sp³-hybridized carbons (Fsp3) is 0.333. The summed E-state index contributed by atoms with van der Waals surface area (Å²) in [4.78, 5) is 27.9. The number of hydrogen-bond donors (Lipinski definition) is 1. The Balaban J connectivity index is 2.13. The third kappa shape index (κ3) is 8.04. The molecule has 0 bridgehead atoms. The van der Waals surface area contributed by atoms with Gasteiger partial charge in [-0.25, -0.2) is 8.42 Å². The van der Waals surface area contributed by atoms with E-state index < -0.39 is 56.9 Å². The van der Waals surface area contributed by atoms with Crippen LogP contribution >= 0.6 is 11.6 Å². The first-order chi connectivity index (χ1) is 19.5. The SMILES string of the molecule is Cc1ccc(S(=O)(=O)N(CC(=O)N(Cc2cccc(C)c2)[C@H](C)C(=O)NC(C)C)c2ccc(Cl)c(C(F)(F)F)c2)cc1. The van der Waals surface area contributed by atoms with Crippen molar-refractivity contribution in [3.63, 3.8) is 0 Å². The summed E-state index contributed by atoms with van der Waals surface area (Å²) in [6.45, 7) is 7.71. The van der Waals surface area contributed by atoms with E-state index in [0.29, 0.717) is 15.9 Å². The van der Waals surface area contributed by atoms with Gasteiger partial charge in [0.2, 0.25) is 11.8 Å². The Bertz CT molecular complexity index is 1540. The van der Waals surface area contributed by atoms with Crippen LogP contribution in [-0.4, -0.2) is 43.8 Å². The predicted molar refractivity (Wildman–Crippen MR) is 157 cm³/mol. The number of nitrogens with one attached hydrogen (secondary N) is 1. The zero-order valence-corrected chi connectivity index (χ0v) is 25.4. The number of halogens is 4. The first-order valence-electron chi connectivity index (χ1n) is 13.1. The van der Waals surface area contributed by atoms with E-state index in [9.17, 15) is 31.2 Å². The van der Waals surface area contributed by atoms with Crippen LogP contribution in [0.15, 0.2) is 71.6 Å². The minimum absolute atomic E-state index is 0.0416. The van der Waals surface area contributed by atoms with Crippen LogP contribution in [0.4, 0.5) is 18.9 Å². The Morgan fingerprint density at radius 2 is 1.57 bits per heavy atom. The van der Waals surface area contributed by atoms with Crippen LogP contribution in [0.3, 0.4) is 0 Å². The molecule has 3 rings (SSSR count). The summed E-state index contributed by atoms with van der Waals surface area (Å²) >= 11 is 5.80. The van der Waals surface area contributed by atoms with Crippen LogP contribution in [0, 0.1) is 13.8 Å². The van der Waals surface area contributed by atoms with Crippen LogP contribution in [0.2, 0.25) is 5.02 Å². The van der Waals surface area contributed by atoms with Crippen LogP contribution in [0.1, 0.15) is 43.0 Å². The molecule has 0 aliphatic heterocycles. The normalized spacial score (nSPS) is 12.6. The van der Waals surface area contributed by atoms with Crippen LogP contribution in [0.25, 0.3) is 0 Å². The number of rotatable bonds is 10. The Hall–Kier alpha value is -3.57. The molecule has 42 heavy (non-hydrogen) atoms. The number of carbonyl (C=O) groups excluding carboxylic acids is 2. The number of nitrogens with zero attached hydrogens (tertiary/aromatic N) is 2. The van der Waals surface area contributed by atoms with Crippen molar-refractivity contribution < 1.29 is 31.2 Å². The fourth-order valence-corrected chi connectivity index (χ4v) is 5.88. The highest BCUT2D eigenvalue weighted by atomic mass is 35.5. The Morgan fingerprint density at radius 3 is 2.14 bits per heavy atom. The molecule has 0 fully saturated rings. The van der Waals surface area contributed by atoms with Crippen molar-refractivity contribution in [3.8, 4) is 0 Å². The lowest BCUT2D eigenvalue weighted by Gasteiger charge is -2.32. The maximum absolute atomic E-state index is 13.9. The lowest BCUT2D eigenvalue weighted by Crippen LogP contribution is -2.52. The summed E-state index contributed by atoms with van der Waals surface area (Å²) in [6.07, 6.45) is -4.88. The molecule has 0 unspecified atom stereocenters. The van der Waals surface area contributed by atoms with Crippen LogP contribution in [0.5, 0.6) is 0 Å². The van der Waals surface area contributed by atoms with Crippen LogP contribution in [-0.2, 0) is 32.3 Å². The molecule has 7 nitrogen and oxygen atoms in total. The molecule has 1 N–H and O–H groups in total. The number of carbonyl (C=O) groups is 2. The number of hydrogen-bond acceptors (Lipinski definition) is 4. The highest BCUT2D eigenvalue weighted by Gasteiger charge is 2.37. The molecule has 0 radical (unpaired) electrons. The molecule has 3 aromatic carbocycles. The molecule has 0 saturated carbocycles. The summed E-state index contributed by atoms with van der Waals surface area (Å²) in [5, 5.41) is 2.13. The molecule has 1 atom stereocenters. The molecule has 0 aromatic heterocycles. The highest BCUT2D eigenvalue weighted by molar-refractivity contribution is 7.92. The van der Waals surface area contributed by atoms with Crippen molar-refractivity contribution >= 4 is 39.1 Å². The first-order valence-corrected chi connectivity index (χ1v) is 14.9. The molecule has 0 aliphatic rings. The maximum atomic E-state index is 13.9. The number of sulfonamides is 1. The van der Waals surface area contributed by atoms with Crippen molar-refractivity contribution in [2.75, 3.05) is 10.8 Å². The van der Waals surface area contributed by atoms with E-state index in [-0.39, 0.29) is 17.5 Å². The monoisotopic (exact) mass is 623 g/mol. The highest BCUT2D eigenvalue weighted by Crippen LogP contribution is 2.38. The van der Waals surface area contributed by atoms with Crippen molar-refractivity contribution in [3.05, 3.63) is 94.0 Å². The molecule has 0 aliphatic carbocycles. The van der Waals surface area contributed by atoms with Crippen molar-refractivity contribution in [2.24, 2.45) is 0 Å². The van der Waals surface area contributed by atoms with Crippen molar-refractivity contribution in [1.82, 2.24) is 10.2 Å². The Morgan fingerprint density at radius 1 is 0.929 bits per heavy atom. The standard InChI is InChI=1S/C30H33ClF3N3O4S/c1-19(2)35-29(39)22(5)36(17-23-8-6-7-21(4)15-23)28(38)18-37(42(40,41)25-12-9-20(3)10-13-25)24-11-14-27(31)26(16-24)30(32,33)34/h6-16,19,22H,17-18H2,1-5H3,(H,35,39)/t22-/m1/s1. The van der Waals surface area contributed by atoms with E-state index in [1.165, 1.54) is 36.1 Å². The number of alkyl halides is 3. The van der Waals surface area contributed by atoms with Crippen molar-refractivity contribution in [1.29, 1.82) is 0 Å². The molecule has 3 aromatic rings. The predicted octanol–water partition coefficient (Wildman–Crippen LogP) is 6.11. The van der Waals surface area contributed by atoms with Crippen molar-refractivity contribution in [2.45, 2.75) is 64.3 Å². The summed E-state index contributed by atoms with van der Waals surface area (Å²) in [6, 6.07) is 14.3. The summed E-state index contributed by atoms with van der Waals surface area (Å²) in [5.74, 6) is -1.26. The molecule has 2 amide bonds. The molecule has 0 heterocycles. The van der Waals surface area contributed by atoms with Gasteiger partial charge in [0.1, 0.15) is 12.6 Å². The van der Waals surface area contributed by atoms with E-state index >= 15 is 0 Å². The van der Waals surface area contributed by atoms with E-state index in [2.05, 4.69) is 5.32 Å². The zero-order chi connectivity index (χ0) is 31.4. The smallest absolute Gasteiger partial charge is 0.352 e. The van der Waals surface area contributed by atoms with E-state index in [1.54, 1.807) is 32.9 Å². The van der Waals surface area contributed by atoms with Gasteiger partial charge in [-0.05, 0) is 70.5 Å². The molecule has 0 spiro atoms. The van der Waals surface area contributed by atoms with Gasteiger partial charge < -0.3 is 10.2 Å². The van der Waals surface area contributed by atoms with Gasteiger partial charge >= 0.3 is 6.18 Å². The average Bonchev–Trinajstić information content (AvgIpc) is 2.89. The second-order valence-corrected chi connectivity index (χ2v) is 12.6. The van der Waals surface area contributed by atoms with Gasteiger partial charge in [-0.2, -0.15) is 13.2 Å². The number of amides is 2. The van der Waals surface area contributed by atoms with Gasteiger partial charge in [0.05, 0.1) is 21.2 Å². The Kier molecular flexibility index (Phi) is 10.3. The van der Waals surface area contributed by atoms with Gasteiger partial charge in [-0.1, -0.05) is 59.1 Å². The lowest BCUT2D eigenvalue weighted by molar-refractivity contribution is -0.139. The zero-order valence-electron chi connectivity index (χ0n) is 23.9. The molecule has 0 saturated heterocycles. The third-order valence-electron chi connectivity index (χ3n) is 6.46. The minimum atomic E-state index is -4.88. The molecular formula is C30H33ClF3N3O4S. The van der Waals surface area contributed by atoms with E-state index in [0.717, 1.165) is 23.3 Å². The molecule has 226 valence electrons. The van der Waals surface area contributed by atoms with Gasteiger partial charge in [0.25, 0.3) is 10.0 Å². The second-order valence-electron chi connectivity index (χ2n) is 10.3. The van der Waals surface area contributed by atoms with Gasteiger partial charge in [0.15, 0.2) is 0 Å². The summed E-state index contributed by atoms with van der Waals surface area (Å²) in [5.41, 5.74) is 0.696. The quantitative estimate of drug-likeness (QED) is 0.295. The van der Waals surface area contributed by atoms with Crippen LogP contribution < -0.4 is 9.62 Å². The van der Waals surface area contributed by atoms with Gasteiger partial charge in [-0.15, -0.1) is 0 Å². The Labute approximate surface area is 249 Å². The largest absolute Gasteiger partial charge is 0.417 e. The number of anilines is 1. The maximum Gasteiger partial charge on any atom is 0.417 e. The van der Waals surface area contributed by atoms with E-state index in [4.69, 9.17) is 11.6 Å². The first kappa shape index (κ1) is 32.9. The fourth-order valence-electron chi connectivity index (χ4n) is 4.25. The van der Waals surface area contributed by atoms with Gasteiger partial charge in [0, 0.05) is 12.6 Å². The molecule has 12 heteroatoms. The summed E-state index contributed by atoms with van der Waals surface area (Å²) < 4.78 is 69.6. The summed E-state index contributed by atoms with van der Waals surface area (Å²) in [7, 11) is -4.54. The topological polar surface area (TPSA) is 86.8 Å². The second kappa shape index (κ2) is 13.2. The number of aryl methyl sites for hydroxylation is 2. The minimum Gasteiger partial charge on any atom is -0.352 e. The van der Waals surface area contributed by atoms with E-state index in [1.807, 2.05) is 19.1 Å². The number of benzene rings is 3. The average molecular weight is 624 g/mol. The van der Waals surface area contributed by atoms with Gasteiger partial charge in [-0.3, -0.25) is 13.9 Å².